The minimum absolute atomic E-state index is 0.00212. The van der Waals surface area contributed by atoms with Crippen LogP contribution in [0.3, 0.4) is 0 Å². The van der Waals surface area contributed by atoms with Crippen molar-refractivity contribution in [1.82, 2.24) is 5.32 Å². The Hall–Kier alpha value is -1.77. The molecule has 1 amide bonds. The normalized spacial score (nSPS) is 24.0. The minimum Gasteiger partial charge on any atom is -0.406 e. The second kappa shape index (κ2) is 5.45. The van der Waals surface area contributed by atoms with Gasteiger partial charge in [0, 0.05) is 5.56 Å². The van der Waals surface area contributed by atoms with E-state index in [-0.39, 0.29) is 17.1 Å². The molecule has 0 bridgehead atoms. The van der Waals surface area contributed by atoms with Crippen LogP contribution in [0.2, 0.25) is 0 Å². The van der Waals surface area contributed by atoms with Gasteiger partial charge in [0.2, 0.25) is 0 Å². The van der Waals surface area contributed by atoms with Gasteiger partial charge in [0.25, 0.3) is 5.91 Å². The predicted molar refractivity (Wildman–Crippen MR) is 72.3 cm³/mol. The molecule has 1 heterocycles. The van der Waals surface area contributed by atoms with Crippen molar-refractivity contribution in [2.75, 3.05) is 11.5 Å². The molecule has 0 radical (unpaired) electrons. The second-order valence-electron chi connectivity index (χ2n) is 5.43. The van der Waals surface area contributed by atoms with Crippen LogP contribution < -0.4 is 10.1 Å². The van der Waals surface area contributed by atoms with E-state index in [0.29, 0.717) is 6.42 Å². The van der Waals surface area contributed by atoms with Crippen molar-refractivity contribution >= 4 is 15.7 Å². The number of alkyl halides is 3. The van der Waals surface area contributed by atoms with E-state index in [1.54, 1.807) is 6.92 Å². The molecule has 9 heteroatoms. The SMILES string of the molecule is CC1(NC(=O)c2ccc(OC(F)(F)F)cc2)CCS(=O)(=O)C1. The maximum absolute atomic E-state index is 12.0. The van der Waals surface area contributed by atoms with Crippen LogP contribution in [0.5, 0.6) is 5.75 Å². The van der Waals surface area contributed by atoms with E-state index in [0.717, 1.165) is 12.1 Å². The molecule has 1 fully saturated rings. The molecule has 122 valence electrons. The first-order valence-electron chi connectivity index (χ1n) is 6.37. The van der Waals surface area contributed by atoms with E-state index in [1.165, 1.54) is 12.1 Å². The van der Waals surface area contributed by atoms with Crippen molar-refractivity contribution in [3.8, 4) is 5.75 Å². The van der Waals surface area contributed by atoms with E-state index < -0.39 is 33.4 Å². The number of halogens is 3. The van der Waals surface area contributed by atoms with Crippen LogP contribution in [0.4, 0.5) is 13.2 Å². The molecule has 1 N–H and O–H groups in total. The Kier molecular flexibility index (Phi) is 4.12. The van der Waals surface area contributed by atoms with Gasteiger partial charge in [-0.2, -0.15) is 0 Å². The van der Waals surface area contributed by atoms with Gasteiger partial charge >= 0.3 is 6.36 Å². The van der Waals surface area contributed by atoms with E-state index >= 15 is 0 Å². The fourth-order valence-corrected chi connectivity index (χ4v) is 4.36. The Morgan fingerprint density at radius 1 is 1.27 bits per heavy atom. The van der Waals surface area contributed by atoms with Gasteiger partial charge in [-0.15, -0.1) is 13.2 Å². The van der Waals surface area contributed by atoms with E-state index in [4.69, 9.17) is 0 Å². The van der Waals surface area contributed by atoms with Crippen molar-refractivity contribution in [3.63, 3.8) is 0 Å². The highest BCUT2D eigenvalue weighted by molar-refractivity contribution is 7.91. The molecule has 0 aliphatic carbocycles. The third-order valence-corrected chi connectivity index (χ3v) is 5.17. The van der Waals surface area contributed by atoms with Gasteiger partial charge in [-0.1, -0.05) is 0 Å². The number of hydrogen-bond donors (Lipinski definition) is 1. The maximum atomic E-state index is 12.0. The summed E-state index contributed by atoms with van der Waals surface area (Å²) in [4.78, 5) is 12.0. The number of nitrogens with one attached hydrogen (secondary N) is 1. The topological polar surface area (TPSA) is 72.5 Å². The van der Waals surface area contributed by atoms with E-state index in [2.05, 4.69) is 10.1 Å². The van der Waals surface area contributed by atoms with Crippen LogP contribution in [0.15, 0.2) is 24.3 Å². The monoisotopic (exact) mass is 337 g/mol. The Bertz CT molecular complexity index is 670. The van der Waals surface area contributed by atoms with Crippen LogP contribution in [-0.4, -0.2) is 37.7 Å². The summed E-state index contributed by atoms with van der Waals surface area (Å²) in [6.07, 6.45) is -4.49. The summed E-state index contributed by atoms with van der Waals surface area (Å²) in [7, 11) is -3.17. The number of carbonyl (C=O) groups excluding carboxylic acids is 1. The second-order valence-corrected chi connectivity index (χ2v) is 7.61. The van der Waals surface area contributed by atoms with Gasteiger partial charge in [-0.05, 0) is 37.6 Å². The van der Waals surface area contributed by atoms with Crippen molar-refractivity contribution in [2.45, 2.75) is 25.2 Å². The summed E-state index contributed by atoms with van der Waals surface area (Å²) < 4.78 is 62.7. The van der Waals surface area contributed by atoms with Gasteiger partial charge in [0.1, 0.15) is 5.75 Å². The number of ether oxygens (including phenoxy) is 1. The zero-order valence-electron chi connectivity index (χ0n) is 11.6. The van der Waals surface area contributed by atoms with Gasteiger partial charge in [-0.25, -0.2) is 8.42 Å². The molecule has 1 atom stereocenters. The highest BCUT2D eigenvalue weighted by Gasteiger charge is 2.39. The smallest absolute Gasteiger partial charge is 0.406 e. The molecule has 1 aliphatic rings. The summed E-state index contributed by atoms with van der Waals surface area (Å²) in [5, 5.41) is 2.61. The highest BCUT2D eigenvalue weighted by atomic mass is 32.2. The molecule has 1 aromatic rings. The van der Waals surface area contributed by atoms with Crippen molar-refractivity contribution in [2.24, 2.45) is 0 Å². The summed E-state index contributed by atoms with van der Waals surface area (Å²) in [5.74, 6) is -1.12. The molecule has 1 aromatic carbocycles. The molecule has 5 nitrogen and oxygen atoms in total. The molecule has 0 saturated carbocycles. The lowest BCUT2D eigenvalue weighted by atomic mass is 10.0. The molecule has 1 saturated heterocycles. The third-order valence-electron chi connectivity index (χ3n) is 3.27. The molecule has 22 heavy (non-hydrogen) atoms. The standard InChI is InChI=1S/C13H14F3NO4S/c1-12(6-7-22(19,20)8-12)17-11(18)9-2-4-10(5-3-9)21-13(14,15)16/h2-5H,6-8H2,1H3,(H,17,18). The Labute approximate surface area is 125 Å². The van der Waals surface area contributed by atoms with Gasteiger partial charge in [0.15, 0.2) is 9.84 Å². The van der Waals surface area contributed by atoms with Crippen LogP contribution >= 0.6 is 0 Å². The van der Waals surface area contributed by atoms with Crippen molar-refractivity contribution < 1.29 is 31.1 Å². The van der Waals surface area contributed by atoms with Crippen LogP contribution in [0, 0.1) is 0 Å². The largest absolute Gasteiger partial charge is 0.573 e. The molecule has 0 aromatic heterocycles. The first-order valence-corrected chi connectivity index (χ1v) is 8.19. The van der Waals surface area contributed by atoms with Crippen molar-refractivity contribution in [3.05, 3.63) is 29.8 Å². The van der Waals surface area contributed by atoms with E-state index in [9.17, 15) is 26.4 Å². The molecule has 0 spiro atoms. The lowest BCUT2D eigenvalue weighted by Crippen LogP contribution is -2.46. The first-order chi connectivity index (χ1) is 9.98. The first kappa shape index (κ1) is 16.6. The molecular formula is C13H14F3NO4S. The minimum atomic E-state index is -4.80. The van der Waals surface area contributed by atoms with Gasteiger partial charge in [-0.3, -0.25) is 4.79 Å². The number of amides is 1. The molecular weight excluding hydrogens is 323 g/mol. The number of carbonyl (C=O) groups is 1. The highest BCUT2D eigenvalue weighted by Crippen LogP contribution is 2.25. The number of benzene rings is 1. The van der Waals surface area contributed by atoms with Gasteiger partial charge < -0.3 is 10.1 Å². The zero-order valence-corrected chi connectivity index (χ0v) is 12.4. The summed E-state index contributed by atoms with van der Waals surface area (Å²) in [6.45, 7) is 1.62. The van der Waals surface area contributed by atoms with Gasteiger partial charge in [0.05, 0.1) is 17.0 Å². The quantitative estimate of drug-likeness (QED) is 0.914. The van der Waals surface area contributed by atoms with E-state index in [1.807, 2.05) is 0 Å². The fourth-order valence-electron chi connectivity index (χ4n) is 2.26. The third kappa shape index (κ3) is 4.36. The number of sulfone groups is 1. The number of rotatable bonds is 3. The number of hydrogen-bond acceptors (Lipinski definition) is 4. The predicted octanol–water partition coefficient (Wildman–Crippen LogP) is 1.89. The maximum Gasteiger partial charge on any atom is 0.573 e. The lowest BCUT2D eigenvalue weighted by Gasteiger charge is -2.23. The Balaban J connectivity index is 2.05. The van der Waals surface area contributed by atoms with Crippen LogP contribution in [0.25, 0.3) is 0 Å². The summed E-state index contributed by atoms with van der Waals surface area (Å²) >= 11 is 0. The molecule has 1 unspecified atom stereocenters. The Morgan fingerprint density at radius 2 is 1.86 bits per heavy atom. The summed E-state index contributed by atoms with van der Waals surface area (Å²) in [6, 6.07) is 4.42. The average molecular weight is 337 g/mol. The molecule has 2 rings (SSSR count). The lowest BCUT2D eigenvalue weighted by molar-refractivity contribution is -0.274. The zero-order chi connectivity index (χ0) is 16.6. The average Bonchev–Trinajstić information content (AvgIpc) is 2.62. The Morgan fingerprint density at radius 3 is 2.32 bits per heavy atom. The van der Waals surface area contributed by atoms with Crippen molar-refractivity contribution in [1.29, 1.82) is 0 Å². The summed E-state index contributed by atoms with van der Waals surface area (Å²) in [5.41, 5.74) is -0.739. The molecule has 1 aliphatic heterocycles. The fraction of sp³-hybridized carbons (Fsp3) is 0.462. The van der Waals surface area contributed by atoms with Crippen LogP contribution in [0.1, 0.15) is 23.7 Å². The van der Waals surface area contributed by atoms with Crippen LogP contribution in [-0.2, 0) is 9.84 Å².